The lowest BCUT2D eigenvalue weighted by Crippen LogP contribution is -2.24. The van der Waals surface area contributed by atoms with Gasteiger partial charge in [-0.15, -0.1) is 0 Å². The molecule has 194 valence electrons. The van der Waals surface area contributed by atoms with Crippen LogP contribution in [0.15, 0.2) is 59.7 Å². The van der Waals surface area contributed by atoms with Crippen molar-refractivity contribution in [2.24, 2.45) is 5.10 Å². The Hall–Kier alpha value is -4.44. The molecule has 0 heterocycles. The normalized spacial score (nSPS) is 10.5. The minimum Gasteiger partial charge on any atom is -0.493 e. The molecule has 37 heavy (non-hydrogen) atoms. The first kappa shape index (κ1) is 27.2. The summed E-state index contributed by atoms with van der Waals surface area (Å²) < 4.78 is 32.1. The number of methoxy groups -OCH3 is 4. The maximum Gasteiger partial charge on any atom is 0.343 e. The number of ether oxygens (including phenoxy) is 6. The van der Waals surface area contributed by atoms with Gasteiger partial charge in [-0.3, -0.25) is 4.79 Å². The molecule has 0 aromatic heterocycles. The molecule has 0 unspecified atom stereocenters. The highest BCUT2D eigenvalue weighted by Gasteiger charge is 2.19. The third-order valence-corrected chi connectivity index (χ3v) is 5.09. The molecule has 0 bridgehead atoms. The fraction of sp³-hybridized carbons (Fsp3) is 0.192. The Labute approximate surface area is 218 Å². The first-order valence-corrected chi connectivity index (χ1v) is 11.2. The Morgan fingerprint density at radius 1 is 0.865 bits per heavy atom. The summed E-state index contributed by atoms with van der Waals surface area (Å²) in [6.07, 6.45) is 1.41. The van der Waals surface area contributed by atoms with Gasteiger partial charge in [0.05, 0.1) is 40.2 Å². The summed E-state index contributed by atoms with van der Waals surface area (Å²) in [5, 5.41) is 4.41. The van der Waals surface area contributed by atoms with Gasteiger partial charge in [0, 0.05) is 5.02 Å². The number of benzene rings is 3. The largest absolute Gasteiger partial charge is 0.493 e. The van der Waals surface area contributed by atoms with Crippen LogP contribution in [0.1, 0.15) is 15.9 Å². The lowest BCUT2D eigenvalue weighted by Gasteiger charge is -2.14. The Morgan fingerprint density at radius 3 is 2.19 bits per heavy atom. The van der Waals surface area contributed by atoms with E-state index in [1.165, 1.54) is 46.8 Å². The van der Waals surface area contributed by atoms with Crippen molar-refractivity contribution in [1.82, 2.24) is 5.43 Å². The summed E-state index contributed by atoms with van der Waals surface area (Å²) in [6, 6.07) is 14.4. The average molecular weight is 529 g/mol. The van der Waals surface area contributed by atoms with Crippen LogP contribution in [-0.2, 0) is 4.79 Å². The van der Waals surface area contributed by atoms with Crippen LogP contribution in [0.4, 0.5) is 0 Å². The van der Waals surface area contributed by atoms with Gasteiger partial charge < -0.3 is 28.4 Å². The van der Waals surface area contributed by atoms with Gasteiger partial charge in [0.1, 0.15) is 5.75 Å². The zero-order valence-corrected chi connectivity index (χ0v) is 21.3. The van der Waals surface area contributed by atoms with Crippen molar-refractivity contribution in [2.75, 3.05) is 35.0 Å². The van der Waals surface area contributed by atoms with Crippen LogP contribution in [0, 0.1) is 0 Å². The third-order valence-electron chi connectivity index (χ3n) is 4.86. The predicted molar refractivity (Wildman–Crippen MR) is 137 cm³/mol. The number of halogens is 1. The monoisotopic (exact) mass is 528 g/mol. The average Bonchev–Trinajstić information content (AvgIpc) is 2.91. The Bertz CT molecular complexity index is 1270. The van der Waals surface area contributed by atoms with Gasteiger partial charge in [-0.25, -0.2) is 10.2 Å². The summed E-state index contributed by atoms with van der Waals surface area (Å²) in [5.74, 6) is 0.779. The van der Waals surface area contributed by atoms with E-state index >= 15 is 0 Å². The van der Waals surface area contributed by atoms with Crippen LogP contribution in [-0.4, -0.2) is 53.1 Å². The van der Waals surface area contributed by atoms with E-state index in [2.05, 4.69) is 10.5 Å². The molecule has 0 aliphatic carbocycles. The second kappa shape index (κ2) is 13.0. The van der Waals surface area contributed by atoms with Crippen LogP contribution in [0.5, 0.6) is 34.5 Å². The summed E-state index contributed by atoms with van der Waals surface area (Å²) in [4.78, 5) is 24.8. The van der Waals surface area contributed by atoms with Crippen molar-refractivity contribution >= 4 is 29.7 Å². The molecule has 0 spiro atoms. The standard InChI is InChI=1S/C26H25ClN2O8/c1-32-21-10-16(14-28-29-24(30)15-36-19-7-5-6-18(27)13-19)8-9-20(21)37-26(31)17-11-22(33-2)25(35-4)23(12-17)34-3/h5-14H,15H2,1-4H3,(H,29,30)/b28-14+. The van der Waals surface area contributed by atoms with Gasteiger partial charge in [-0.05, 0) is 54.1 Å². The molecule has 11 heteroatoms. The molecule has 3 aromatic carbocycles. The van der Waals surface area contributed by atoms with Gasteiger partial charge in [-0.1, -0.05) is 17.7 Å². The predicted octanol–water partition coefficient (Wildman–Crippen LogP) is 4.12. The van der Waals surface area contributed by atoms with Crippen molar-refractivity contribution in [3.63, 3.8) is 0 Å². The molecular weight excluding hydrogens is 504 g/mol. The highest BCUT2D eigenvalue weighted by molar-refractivity contribution is 6.30. The highest BCUT2D eigenvalue weighted by Crippen LogP contribution is 2.38. The lowest BCUT2D eigenvalue weighted by molar-refractivity contribution is -0.123. The minimum atomic E-state index is -0.661. The molecule has 0 fully saturated rings. The number of carbonyl (C=O) groups is 2. The van der Waals surface area contributed by atoms with E-state index in [0.717, 1.165) is 0 Å². The van der Waals surface area contributed by atoms with E-state index < -0.39 is 11.9 Å². The SMILES string of the molecule is COc1cc(/C=N/NC(=O)COc2cccc(Cl)c2)ccc1OC(=O)c1cc(OC)c(OC)c(OC)c1. The molecule has 0 saturated carbocycles. The maximum absolute atomic E-state index is 12.8. The van der Waals surface area contributed by atoms with Gasteiger partial charge in [-0.2, -0.15) is 5.10 Å². The second-order valence-corrected chi connectivity index (χ2v) is 7.69. The Balaban J connectivity index is 1.64. The number of rotatable bonds is 11. The molecule has 10 nitrogen and oxygen atoms in total. The summed E-state index contributed by atoms with van der Waals surface area (Å²) >= 11 is 5.89. The fourth-order valence-electron chi connectivity index (χ4n) is 3.12. The molecular formula is C26H25ClN2O8. The number of carbonyl (C=O) groups excluding carboxylic acids is 2. The summed E-state index contributed by atoms with van der Waals surface area (Å²) in [6.45, 7) is -0.239. The van der Waals surface area contributed by atoms with Crippen LogP contribution in [0.3, 0.4) is 0 Å². The molecule has 3 rings (SSSR count). The number of amides is 1. The van der Waals surface area contributed by atoms with E-state index in [9.17, 15) is 9.59 Å². The second-order valence-electron chi connectivity index (χ2n) is 7.25. The number of esters is 1. The smallest absolute Gasteiger partial charge is 0.343 e. The van der Waals surface area contributed by atoms with Crippen LogP contribution in [0.25, 0.3) is 0 Å². The van der Waals surface area contributed by atoms with Crippen molar-refractivity contribution in [1.29, 1.82) is 0 Å². The van der Waals surface area contributed by atoms with Crippen LogP contribution in [0.2, 0.25) is 5.02 Å². The summed E-state index contributed by atoms with van der Waals surface area (Å²) in [5.41, 5.74) is 3.13. The Kier molecular flexibility index (Phi) is 9.56. The van der Waals surface area contributed by atoms with Crippen molar-refractivity contribution in [2.45, 2.75) is 0 Å². The zero-order valence-electron chi connectivity index (χ0n) is 20.6. The number of hydrogen-bond donors (Lipinski definition) is 1. The molecule has 0 aliphatic rings. The molecule has 0 saturated heterocycles. The van der Waals surface area contributed by atoms with E-state index in [0.29, 0.717) is 33.6 Å². The van der Waals surface area contributed by atoms with E-state index in [-0.39, 0.29) is 23.7 Å². The van der Waals surface area contributed by atoms with E-state index in [1.54, 1.807) is 42.5 Å². The van der Waals surface area contributed by atoms with Crippen LogP contribution >= 0.6 is 11.6 Å². The van der Waals surface area contributed by atoms with Crippen molar-refractivity contribution in [3.05, 3.63) is 70.7 Å². The van der Waals surface area contributed by atoms with Gasteiger partial charge in [0.25, 0.3) is 5.91 Å². The molecule has 0 aliphatic heterocycles. The van der Waals surface area contributed by atoms with Gasteiger partial charge in [0.15, 0.2) is 29.6 Å². The zero-order chi connectivity index (χ0) is 26.8. The van der Waals surface area contributed by atoms with Gasteiger partial charge >= 0.3 is 5.97 Å². The first-order chi connectivity index (χ1) is 17.9. The minimum absolute atomic E-state index is 0.178. The number of hydrogen-bond acceptors (Lipinski definition) is 9. The fourth-order valence-corrected chi connectivity index (χ4v) is 3.30. The van der Waals surface area contributed by atoms with Crippen LogP contribution < -0.4 is 33.8 Å². The first-order valence-electron chi connectivity index (χ1n) is 10.8. The molecule has 3 aromatic rings. The molecule has 0 radical (unpaired) electrons. The third kappa shape index (κ3) is 7.28. The summed E-state index contributed by atoms with van der Waals surface area (Å²) in [7, 11) is 5.80. The lowest BCUT2D eigenvalue weighted by atomic mass is 10.1. The molecule has 1 amide bonds. The number of nitrogens with zero attached hydrogens (tertiary/aromatic N) is 1. The van der Waals surface area contributed by atoms with Gasteiger partial charge in [0.2, 0.25) is 5.75 Å². The van der Waals surface area contributed by atoms with E-state index in [4.69, 9.17) is 40.0 Å². The molecule has 0 atom stereocenters. The van der Waals surface area contributed by atoms with Crippen molar-refractivity contribution < 1.29 is 38.0 Å². The Morgan fingerprint density at radius 2 is 1.57 bits per heavy atom. The number of nitrogens with one attached hydrogen (secondary N) is 1. The van der Waals surface area contributed by atoms with E-state index in [1.807, 2.05) is 0 Å². The number of hydrazone groups is 1. The van der Waals surface area contributed by atoms with Crippen molar-refractivity contribution in [3.8, 4) is 34.5 Å². The highest BCUT2D eigenvalue weighted by atomic mass is 35.5. The maximum atomic E-state index is 12.8. The quantitative estimate of drug-likeness (QED) is 0.171. The molecule has 1 N–H and O–H groups in total. The topological polar surface area (TPSA) is 114 Å².